The summed E-state index contributed by atoms with van der Waals surface area (Å²) in [5, 5.41) is -0.585. The van der Waals surface area contributed by atoms with Crippen molar-refractivity contribution >= 4 is 43.2 Å². The average molecular weight is 296 g/mol. The predicted molar refractivity (Wildman–Crippen MR) is 62.6 cm³/mol. The first-order valence-corrected chi connectivity index (χ1v) is 7.34. The van der Waals surface area contributed by atoms with Crippen molar-refractivity contribution in [3.8, 4) is 0 Å². The molecule has 0 aliphatic carbocycles. The monoisotopic (exact) mass is 295 g/mol. The molecule has 9 heteroatoms. The highest BCUT2D eigenvalue weighted by Gasteiger charge is 2.39. The fourth-order valence-corrected chi connectivity index (χ4v) is 2.63. The van der Waals surface area contributed by atoms with Gasteiger partial charge in [-0.25, -0.2) is 18.4 Å². The number of amides is 1. The fourth-order valence-electron chi connectivity index (χ4n) is 1.50. The predicted octanol–water partition coefficient (Wildman–Crippen LogP) is 0.804. The quantitative estimate of drug-likeness (QED) is 0.754. The van der Waals surface area contributed by atoms with Gasteiger partial charge < -0.3 is 0 Å². The van der Waals surface area contributed by atoms with Crippen LogP contribution in [0.5, 0.6) is 0 Å². The van der Waals surface area contributed by atoms with Crippen LogP contribution in [-0.2, 0) is 13.8 Å². The molecule has 92 valence electrons. The van der Waals surface area contributed by atoms with Crippen molar-refractivity contribution in [1.29, 1.82) is 0 Å². The molecule has 0 radical (unpaired) electrons. The van der Waals surface area contributed by atoms with E-state index in [1.165, 1.54) is 17.3 Å². The Labute approximate surface area is 107 Å². The van der Waals surface area contributed by atoms with E-state index >= 15 is 0 Å². The fraction of sp³-hybridized carbons (Fsp3) is 0.375. The molecule has 1 aromatic rings. The smallest absolute Gasteiger partial charge is 0.237 e. The van der Waals surface area contributed by atoms with Gasteiger partial charge in [0.05, 0.1) is 17.4 Å². The van der Waals surface area contributed by atoms with Gasteiger partial charge in [0.15, 0.2) is 0 Å². The topological polar surface area (TPSA) is 80.2 Å². The lowest BCUT2D eigenvalue weighted by Gasteiger charge is -2.12. The van der Waals surface area contributed by atoms with Gasteiger partial charge >= 0.3 is 0 Å². The molecule has 0 spiro atoms. The van der Waals surface area contributed by atoms with Gasteiger partial charge in [0.1, 0.15) is 5.25 Å². The third kappa shape index (κ3) is 2.67. The minimum atomic E-state index is -3.76. The van der Waals surface area contributed by atoms with Crippen molar-refractivity contribution in [2.24, 2.45) is 0 Å². The van der Waals surface area contributed by atoms with Gasteiger partial charge in [-0.1, -0.05) is 11.6 Å². The van der Waals surface area contributed by atoms with E-state index in [4.69, 9.17) is 22.3 Å². The molecule has 1 unspecified atom stereocenters. The number of carbonyl (C=O) groups excluding carboxylic acids is 1. The summed E-state index contributed by atoms with van der Waals surface area (Å²) in [6.07, 6.45) is 2.51. The Hall–Kier alpha value is -0.920. The molecule has 0 bridgehead atoms. The molecule has 1 aliphatic heterocycles. The van der Waals surface area contributed by atoms with Crippen LogP contribution in [0.4, 0.5) is 5.95 Å². The molecule has 1 fully saturated rings. The molecule has 1 aliphatic rings. The van der Waals surface area contributed by atoms with Crippen molar-refractivity contribution < 1.29 is 13.2 Å². The summed E-state index contributed by atoms with van der Waals surface area (Å²) < 4.78 is 22.3. The molecule has 2 rings (SSSR count). The van der Waals surface area contributed by atoms with E-state index in [0.29, 0.717) is 5.02 Å². The van der Waals surface area contributed by atoms with Crippen LogP contribution < -0.4 is 4.90 Å². The van der Waals surface area contributed by atoms with E-state index in [0.717, 1.165) is 0 Å². The molecule has 0 aromatic carbocycles. The molecule has 1 amide bonds. The summed E-state index contributed by atoms with van der Waals surface area (Å²) in [5.41, 5.74) is 0. The normalized spacial score (nSPS) is 20.9. The Morgan fingerprint density at radius 1 is 1.35 bits per heavy atom. The third-order valence-corrected chi connectivity index (χ3v) is 4.40. The summed E-state index contributed by atoms with van der Waals surface area (Å²) in [7, 11) is 1.46. The molecule has 0 saturated carbocycles. The van der Waals surface area contributed by atoms with E-state index in [1.54, 1.807) is 0 Å². The second-order valence-corrected chi connectivity index (χ2v) is 6.85. The average Bonchev–Trinajstić information content (AvgIpc) is 2.61. The minimum Gasteiger partial charge on any atom is -0.279 e. The second kappa shape index (κ2) is 4.40. The number of carbonyl (C=O) groups is 1. The highest BCUT2D eigenvalue weighted by molar-refractivity contribution is 8.14. The Morgan fingerprint density at radius 2 is 1.94 bits per heavy atom. The maximum atomic E-state index is 11.6. The number of hydrogen-bond acceptors (Lipinski definition) is 5. The lowest BCUT2D eigenvalue weighted by molar-refractivity contribution is -0.117. The number of hydrogen-bond donors (Lipinski definition) is 0. The molecule has 1 atom stereocenters. The first-order chi connectivity index (χ1) is 7.88. The Kier molecular flexibility index (Phi) is 3.24. The van der Waals surface area contributed by atoms with Crippen molar-refractivity contribution in [2.75, 3.05) is 11.4 Å². The van der Waals surface area contributed by atoms with Crippen LogP contribution in [0.15, 0.2) is 12.4 Å². The van der Waals surface area contributed by atoms with Gasteiger partial charge in [0.2, 0.25) is 20.9 Å². The van der Waals surface area contributed by atoms with Crippen molar-refractivity contribution in [3.05, 3.63) is 17.4 Å². The largest absolute Gasteiger partial charge is 0.279 e. The zero-order valence-corrected chi connectivity index (χ0v) is 10.7. The summed E-state index contributed by atoms with van der Waals surface area (Å²) in [4.78, 5) is 20.5. The van der Waals surface area contributed by atoms with Crippen molar-refractivity contribution in [1.82, 2.24) is 9.97 Å². The summed E-state index contributed by atoms with van der Waals surface area (Å²) in [6, 6.07) is 0. The maximum Gasteiger partial charge on any atom is 0.237 e. The van der Waals surface area contributed by atoms with E-state index in [-0.39, 0.29) is 24.8 Å². The maximum absolute atomic E-state index is 11.6. The van der Waals surface area contributed by atoms with Crippen LogP contribution in [0.3, 0.4) is 0 Å². The molecule has 0 N–H and O–H groups in total. The highest BCUT2D eigenvalue weighted by atomic mass is 35.7. The minimum absolute atomic E-state index is 0.0354. The van der Waals surface area contributed by atoms with E-state index < -0.39 is 14.3 Å². The first kappa shape index (κ1) is 12.5. The van der Waals surface area contributed by atoms with Crippen LogP contribution >= 0.6 is 22.3 Å². The van der Waals surface area contributed by atoms with Crippen LogP contribution in [-0.4, -0.2) is 36.1 Å². The Bertz CT molecular complexity index is 546. The van der Waals surface area contributed by atoms with E-state index in [2.05, 4.69) is 9.97 Å². The van der Waals surface area contributed by atoms with E-state index in [1.807, 2.05) is 0 Å². The van der Waals surface area contributed by atoms with Gasteiger partial charge in [0, 0.05) is 23.6 Å². The second-order valence-electron chi connectivity index (χ2n) is 3.51. The van der Waals surface area contributed by atoms with Crippen LogP contribution in [0.25, 0.3) is 0 Å². The summed E-state index contributed by atoms with van der Waals surface area (Å²) in [6.45, 7) is -0.0354. The van der Waals surface area contributed by atoms with Crippen molar-refractivity contribution in [2.45, 2.75) is 11.7 Å². The lowest BCUT2D eigenvalue weighted by Crippen LogP contribution is -2.28. The zero-order chi connectivity index (χ0) is 12.6. The number of anilines is 1. The van der Waals surface area contributed by atoms with Crippen LogP contribution in [0.2, 0.25) is 5.02 Å². The van der Waals surface area contributed by atoms with Gasteiger partial charge in [-0.05, 0) is 0 Å². The number of aromatic nitrogens is 2. The van der Waals surface area contributed by atoms with E-state index in [9.17, 15) is 13.2 Å². The number of rotatable bonds is 2. The van der Waals surface area contributed by atoms with Crippen molar-refractivity contribution in [3.63, 3.8) is 0 Å². The van der Waals surface area contributed by atoms with Gasteiger partial charge in [0.25, 0.3) is 0 Å². The summed E-state index contributed by atoms with van der Waals surface area (Å²) in [5.74, 6) is -0.247. The van der Waals surface area contributed by atoms with Crippen LogP contribution in [0.1, 0.15) is 6.42 Å². The van der Waals surface area contributed by atoms with Gasteiger partial charge in [-0.3, -0.25) is 9.69 Å². The zero-order valence-electron chi connectivity index (χ0n) is 8.38. The first-order valence-electron chi connectivity index (χ1n) is 4.59. The molecule has 1 saturated heterocycles. The molecule has 2 heterocycles. The molecular formula is C8H7Cl2N3O3S. The SMILES string of the molecule is O=C1CC(S(=O)(=O)Cl)CN1c1ncc(Cl)cn1. The standard InChI is InChI=1S/C8H7Cl2N3O3S/c9-5-2-11-8(12-3-5)13-4-6(1-7(13)14)17(10,15)16/h2-3,6H,1,4H2. The van der Waals surface area contributed by atoms with Crippen LogP contribution in [0, 0.1) is 0 Å². The Balaban J connectivity index is 2.24. The number of nitrogens with zero attached hydrogens (tertiary/aromatic N) is 3. The number of halogens is 2. The third-order valence-electron chi connectivity index (χ3n) is 2.34. The molecule has 1 aromatic heterocycles. The summed E-state index contributed by atoms with van der Waals surface area (Å²) >= 11 is 5.61. The van der Waals surface area contributed by atoms with Gasteiger partial charge in [-0.2, -0.15) is 0 Å². The Morgan fingerprint density at radius 3 is 2.41 bits per heavy atom. The molecule has 17 heavy (non-hydrogen) atoms. The lowest BCUT2D eigenvalue weighted by atomic mass is 10.4. The molecule has 6 nitrogen and oxygen atoms in total. The molecular weight excluding hydrogens is 289 g/mol. The van der Waals surface area contributed by atoms with Gasteiger partial charge in [-0.15, -0.1) is 0 Å². The highest BCUT2D eigenvalue weighted by Crippen LogP contribution is 2.24.